The molecule has 0 spiro atoms. The van der Waals surface area contributed by atoms with Crippen molar-refractivity contribution in [3.05, 3.63) is 34.9 Å². The first-order chi connectivity index (χ1) is 8.15. The van der Waals surface area contributed by atoms with Crippen LogP contribution in [0.3, 0.4) is 0 Å². The fraction of sp³-hybridized carbons (Fsp3) is 0.385. The fourth-order valence-electron chi connectivity index (χ4n) is 2.02. The average molecular weight is 233 g/mol. The van der Waals surface area contributed by atoms with Crippen molar-refractivity contribution < 1.29 is 14.7 Å². The molecular formula is C13H15NO3. The molecule has 2 N–H and O–H groups in total. The molecule has 0 atom stereocenters. The van der Waals surface area contributed by atoms with Crippen LogP contribution in [-0.2, 0) is 0 Å². The van der Waals surface area contributed by atoms with Crippen molar-refractivity contribution in [1.29, 1.82) is 0 Å². The number of carbonyl (C=O) groups excluding carboxylic acids is 1. The SMILES string of the molecule is CCNC(=O)c1cccc(C(=O)O)c1C1CC1. The number of benzene rings is 1. The van der Waals surface area contributed by atoms with E-state index in [-0.39, 0.29) is 17.4 Å². The van der Waals surface area contributed by atoms with E-state index in [4.69, 9.17) is 5.11 Å². The summed E-state index contributed by atoms with van der Waals surface area (Å²) < 4.78 is 0. The van der Waals surface area contributed by atoms with Crippen molar-refractivity contribution in [2.24, 2.45) is 0 Å². The van der Waals surface area contributed by atoms with Crippen molar-refractivity contribution in [2.75, 3.05) is 6.54 Å². The molecule has 0 radical (unpaired) electrons. The highest BCUT2D eigenvalue weighted by Gasteiger charge is 2.32. The molecule has 4 heteroatoms. The molecule has 2 rings (SSSR count). The zero-order valence-corrected chi connectivity index (χ0v) is 9.69. The second-order valence-corrected chi connectivity index (χ2v) is 4.21. The first kappa shape index (κ1) is 11.6. The number of rotatable bonds is 4. The summed E-state index contributed by atoms with van der Waals surface area (Å²) in [4.78, 5) is 23.0. The lowest BCUT2D eigenvalue weighted by atomic mass is 9.96. The maximum absolute atomic E-state index is 11.9. The zero-order chi connectivity index (χ0) is 12.4. The summed E-state index contributed by atoms with van der Waals surface area (Å²) in [6.07, 6.45) is 1.94. The Kier molecular flexibility index (Phi) is 3.13. The topological polar surface area (TPSA) is 66.4 Å². The molecule has 1 fully saturated rings. The Morgan fingerprint density at radius 3 is 2.53 bits per heavy atom. The molecule has 1 aromatic carbocycles. The van der Waals surface area contributed by atoms with Crippen molar-refractivity contribution in [2.45, 2.75) is 25.7 Å². The predicted octanol–water partition coefficient (Wildman–Crippen LogP) is 2.01. The van der Waals surface area contributed by atoms with Gasteiger partial charge in [-0.15, -0.1) is 0 Å². The minimum Gasteiger partial charge on any atom is -0.478 e. The molecule has 0 heterocycles. The van der Waals surface area contributed by atoms with Gasteiger partial charge in [0.1, 0.15) is 0 Å². The van der Waals surface area contributed by atoms with Gasteiger partial charge in [0.05, 0.1) is 5.56 Å². The van der Waals surface area contributed by atoms with Crippen LogP contribution in [0, 0.1) is 0 Å². The second-order valence-electron chi connectivity index (χ2n) is 4.21. The van der Waals surface area contributed by atoms with Gasteiger partial charge < -0.3 is 10.4 Å². The number of carbonyl (C=O) groups is 2. The monoisotopic (exact) mass is 233 g/mol. The van der Waals surface area contributed by atoms with Gasteiger partial charge in [-0.2, -0.15) is 0 Å². The molecule has 0 unspecified atom stereocenters. The minimum absolute atomic E-state index is 0.183. The van der Waals surface area contributed by atoms with Gasteiger partial charge in [0.25, 0.3) is 5.91 Å². The highest BCUT2D eigenvalue weighted by molar-refractivity contribution is 6.00. The van der Waals surface area contributed by atoms with Gasteiger partial charge in [-0.3, -0.25) is 4.79 Å². The first-order valence-electron chi connectivity index (χ1n) is 5.79. The fourth-order valence-corrected chi connectivity index (χ4v) is 2.02. The number of hydrogen-bond donors (Lipinski definition) is 2. The van der Waals surface area contributed by atoms with Crippen LogP contribution in [0.5, 0.6) is 0 Å². The normalized spacial score (nSPS) is 14.4. The molecule has 1 aliphatic carbocycles. The van der Waals surface area contributed by atoms with Crippen LogP contribution in [0.1, 0.15) is 52.0 Å². The Labute approximate surface area is 99.6 Å². The summed E-state index contributed by atoms with van der Waals surface area (Å²) in [6, 6.07) is 4.89. The Balaban J connectivity index is 2.47. The summed E-state index contributed by atoms with van der Waals surface area (Å²) >= 11 is 0. The standard InChI is InChI=1S/C13H15NO3/c1-2-14-12(15)9-4-3-5-10(13(16)17)11(9)8-6-7-8/h3-5,8H,2,6-7H2,1H3,(H,14,15)(H,16,17). The molecule has 1 aliphatic rings. The Morgan fingerprint density at radius 1 is 1.35 bits per heavy atom. The van der Waals surface area contributed by atoms with Crippen molar-refractivity contribution in [3.8, 4) is 0 Å². The lowest BCUT2D eigenvalue weighted by Crippen LogP contribution is -2.24. The number of hydrogen-bond acceptors (Lipinski definition) is 2. The van der Waals surface area contributed by atoms with Crippen LogP contribution >= 0.6 is 0 Å². The number of amides is 1. The van der Waals surface area contributed by atoms with E-state index in [1.54, 1.807) is 18.2 Å². The minimum atomic E-state index is -0.960. The van der Waals surface area contributed by atoms with E-state index in [2.05, 4.69) is 5.32 Å². The van der Waals surface area contributed by atoms with Gasteiger partial charge >= 0.3 is 5.97 Å². The van der Waals surface area contributed by atoms with Crippen LogP contribution in [0.15, 0.2) is 18.2 Å². The Bertz CT molecular complexity index is 464. The second kappa shape index (κ2) is 4.57. The van der Waals surface area contributed by atoms with E-state index in [1.807, 2.05) is 6.92 Å². The van der Waals surface area contributed by atoms with Gasteiger partial charge in [0, 0.05) is 12.1 Å². The molecule has 0 saturated heterocycles. The van der Waals surface area contributed by atoms with Crippen LogP contribution in [-0.4, -0.2) is 23.5 Å². The van der Waals surface area contributed by atoms with E-state index in [0.29, 0.717) is 17.7 Å². The summed E-state index contributed by atoms with van der Waals surface area (Å²) in [6.45, 7) is 2.38. The third kappa shape index (κ3) is 2.30. The average Bonchev–Trinajstić information content (AvgIpc) is 3.12. The van der Waals surface area contributed by atoms with E-state index in [9.17, 15) is 9.59 Å². The van der Waals surface area contributed by atoms with Crippen molar-refractivity contribution >= 4 is 11.9 Å². The van der Waals surface area contributed by atoms with Crippen molar-refractivity contribution in [1.82, 2.24) is 5.32 Å². The third-order valence-corrected chi connectivity index (χ3v) is 2.90. The number of aromatic carboxylic acids is 1. The van der Waals surface area contributed by atoms with Crippen LogP contribution in [0.25, 0.3) is 0 Å². The summed E-state index contributed by atoms with van der Waals surface area (Å²) in [5.74, 6) is -0.907. The quantitative estimate of drug-likeness (QED) is 0.836. The molecule has 1 aromatic rings. The molecule has 0 aliphatic heterocycles. The largest absolute Gasteiger partial charge is 0.478 e. The molecule has 4 nitrogen and oxygen atoms in total. The lowest BCUT2D eigenvalue weighted by Gasteiger charge is -2.11. The maximum Gasteiger partial charge on any atom is 0.335 e. The third-order valence-electron chi connectivity index (χ3n) is 2.90. The molecule has 17 heavy (non-hydrogen) atoms. The molecule has 90 valence electrons. The lowest BCUT2D eigenvalue weighted by molar-refractivity contribution is 0.0695. The smallest absolute Gasteiger partial charge is 0.335 e. The van der Waals surface area contributed by atoms with Crippen LogP contribution < -0.4 is 5.32 Å². The van der Waals surface area contributed by atoms with Gasteiger partial charge in [-0.25, -0.2) is 4.79 Å². The first-order valence-corrected chi connectivity index (χ1v) is 5.79. The van der Waals surface area contributed by atoms with Gasteiger partial charge in [-0.1, -0.05) is 6.07 Å². The highest BCUT2D eigenvalue weighted by Crippen LogP contribution is 2.43. The molecule has 1 amide bonds. The Hall–Kier alpha value is -1.84. The summed E-state index contributed by atoms with van der Waals surface area (Å²) in [5, 5.41) is 11.9. The van der Waals surface area contributed by atoms with E-state index in [0.717, 1.165) is 12.8 Å². The molecule has 0 aromatic heterocycles. The number of carboxylic acid groups (broad SMARTS) is 1. The van der Waals surface area contributed by atoms with Crippen LogP contribution in [0.4, 0.5) is 0 Å². The van der Waals surface area contributed by atoms with Crippen molar-refractivity contribution in [3.63, 3.8) is 0 Å². The Morgan fingerprint density at radius 2 is 2.00 bits per heavy atom. The van der Waals surface area contributed by atoms with Gasteiger partial charge in [0.2, 0.25) is 0 Å². The molecule has 1 saturated carbocycles. The number of nitrogens with one attached hydrogen (secondary N) is 1. The van der Waals surface area contributed by atoms with E-state index in [1.165, 1.54) is 0 Å². The van der Waals surface area contributed by atoms with E-state index >= 15 is 0 Å². The highest BCUT2D eigenvalue weighted by atomic mass is 16.4. The molecular weight excluding hydrogens is 218 g/mol. The summed E-state index contributed by atoms with van der Waals surface area (Å²) in [7, 11) is 0. The summed E-state index contributed by atoms with van der Waals surface area (Å²) in [5.41, 5.74) is 1.47. The zero-order valence-electron chi connectivity index (χ0n) is 9.69. The van der Waals surface area contributed by atoms with Crippen LogP contribution in [0.2, 0.25) is 0 Å². The van der Waals surface area contributed by atoms with Gasteiger partial charge in [0.15, 0.2) is 0 Å². The number of carboxylic acids is 1. The van der Waals surface area contributed by atoms with E-state index < -0.39 is 5.97 Å². The van der Waals surface area contributed by atoms with Gasteiger partial charge in [-0.05, 0) is 43.4 Å². The molecule has 0 bridgehead atoms. The maximum atomic E-state index is 11.9. The predicted molar refractivity (Wildman–Crippen MR) is 63.4 cm³/mol.